The molecule has 1 aliphatic heterocycles. The van der Waals surface area contributed by atoms with E-state index in [1.54, 1.807) is 0 Å². The van der Waals surface area contributed by atoms with Crippen LogP contribution in [0.15, 0.2) is 29.3 Å². The van der Waals surface area contributed by atoms with Gasteiger partial charge in [-0.2, -0.15) is 0 Å². The first-order chi connectivity index (χ1) is 8.31. The average molecular weight is 253 g/mol. The molecule has 0 bridgehead atoms. The van der Waals surface area contributed by atoms with Crippen LogP contribution in [-0.2, 0) is 4.74 Å². The van der Waals surface area contributed by atoms with E-state index in [0.717, 1.165) is 35.9 Å². The molecule has 1 aromatic carbocycles. The Morgan fingerprint density at radius 3 is 2.76 bits per heavy atom. The minimum Gasteiger partial charge on any atom is -0.371 e. The van der Waals surface area contributed by atoms with Gasteiger partial charge in [0.15, 0.2) is 0 Å². The monoisotopic (exact) mass is 252 g/mol. The molecule has 92 valence electrons. The molecule has 0 spiro atoms. The Kier molecular flexibility index (Phi) is 4.40. The quantitative estimate of drug-likeness (QED) is 0.894. The van der Waals surface area contributed by atoms with Crippen molar-refractivity contribution in [1.29, 1.82) is 0 Å². The maximum absolute atomic E-state index is 5.89. The second kappa shape index (κ2) is 6.03. The van der Waals surface area contributed by atoms with Gasteiger partial charge in [0, 0.05) is 24.7 Å². The van der Waals surface area contributed by atoms with Gasteiger partial charge in [0.05, 0.1) is 0 Å². The number of ether oxygens (including phenoxy) is 1. The lowest BCUT2D eigenvalue weighted by Gasteiger charge is -2.23. The van der Waals surface area contributed by atoms with Crippen molar-refractivity contribution in [2.45, 2.75) is 19.4 Å². The van der Waals surface area contributed by atoms with Crippen LogP contribution in [0.3, 0.4) is 0 Å². The van der Waals surface area contributed by atoms with Gasteiger partial charge in [-0.05, 0) is 31.0 Å². The number of nitrogens with zero attached hydrogens (tertiary/aromatic N) is 1. The Labute approximate surface area is 107 Å². The average Bonchev–Trinajstić information content (AvgIpc) is 2.38. The third-order valence-corrected chi connectivity index (χ3v) is 2.93. The van der Waals surface area contributed by atoms with Gasteiger partial charge >= 0.3 is 0 Å². The molecule has 1 aromatic rings. The number of aliphatic imine (C=N–C) groups is 1. The van der Waals surface area contributed by atoms with E-state index < -0.39 is 0 Å². The zero-order valence-electron chi connectivity index (χ0n) is 9.95. The number of hydrogen-bond acceptors (Lipinski definition) is 3. The highest BCUT2D eigenvalue weighted by atomic mass is 35.5. The van der Waals surface area contributed by atoms with Crippen LogP contribution in [0.1, 0.15) is 25.0 Å². The second-order valence-corrected chi connectivity index (χ2v) is 4.37. The number of halogens is 1. The molecule has 0 amide bonds. The van der Waals surface area contributed by atoms with Gasteiger partial charge < -0.3 is 10.1 Å². The van der Waals surface area contributed by atoms with E-state index in [1.807, 2.05) is 31.2 Å². The summed E-state index contributed by atoms with van der Waals surface area (Å²) in [6, 6.07) is 7.74. The molecule has 1 atom stereocenters. The minimum absolute atomic E-state index is 0.0995. The fourth-order valence-corrected chi connectivity index (χ4v) is 1.99. The normalized spacial score (nSPS) is 17.2. The van der Waals surface area contributed by atoms with Crippen LogP contribution in [0.25, 0.3) is 0 Å². The van der Waals surface area contributed by atoms with Gasteiger partial charge in [0.2, 0.25) is 0 Å². The molecule has 1 unspecified atom stereocenters. The van der Waals surface area contributed by atoms with Gasteiger partial charge in [-0.1, -0.05) is 23.7 Å². The van der Waals surface area contributed by atoms with Gasteiger partial charge in [-0.3, -0.25) is 4.99 Å². The Balaban J connectivity index is 2.21. The van der Waals surface area contributed by atoms with E-state index in [1.165, 1.54) is 0 Å². The molecule has 0 aromatic heterocycles. The predicted octanol–water partition coefficient (Wildman–Crippen LogP) is 2.81. The van der Waals surface area contributed by atoms with Crippen molar-refractivity contribution in [3.05, 3.63) is 34.9 Å². The molecule has 1 heterocycles. The number of rotatable bonds is 4. The van der Waals surface area contributed by atoms with Crippen LogP contribution in [0.2, 0.25) is 5.02 Å². The lowest BCUT2D eigenvalue weighted by atomic mass is 10.1. The maximum Gasteiger partial charge on any atom is 0.139 e. The van der Waals surface area contributed by atoms with Crippen LogP contribution in [0.5, 0.6) is 0 Å². The standard InChI is InChI=1S/C13H17ClN2O/c1-2-17-12(13-15-8-3-9-16-13)10-4-6-11(14)7-5-10/h4-7,12H,2-3,8-9H2,1H3,(H,15,16). The zero-order chi connectivity index (χ0) is 12.1. The van der Waals surface area contributed by atoms with Gasteiger partial charge in [-0.25, -0.2) is 0 Å². The highest BCUT2D eigenvalue weighted by Gasteiger charge is 2.19. The molecule has 0 saturated carbocycles. The fourth-order valence-electron chi connectivity index (χ4n) is 1.86. The van der Waals surface area contributed by atoms with Crippen molar-refractivity contribution in [1.82, 2.24) is 5.32 Å². The van der Waals surface area contributed by atoms with E-state index in [4.69, 9.17) is 16.3 Å². The summed E-state index contributed by atoms with van der Waals surface area (Å²) in [6.45, 7) is 4.50. The first kappa shape index (κ1) is 12.4. The fraction of sp³-hybridized carbons (Fsp3) is 0.462. The van der Waals surface area contributed by atoms with Crippen LogP contribution >= 0.6 is 11.6 Å². The summed E-state index contributed by atoms with van der Waals surface area (Å²) in [5.74, 6) is 0.931. The van der Waals surface area contributed by atoms with Gasteiger partial charge in [-0.15, -0.1) is 0 Å². The largest absolute Gasteiger partial charge is 0.371 e. The molecule has 0 saturated heterocycles. The summed E-state index contributed by atoms with van der Waals surface area (Å²) in [6.07, 6.45) is 0.987. The van der Waals surface area contributed by atoms with Crippen molar-refractivity contribution >= 4 is 17.4 Å². The van der Waals surface area contributed by atoms with Gasteiger partial charge in [0.1, 0.15) is 11.9 Å². The molecule has 0 radical (unpaired) electrons. The van der Waals surface area contributed by atoms with Crippen LogP contribution in [0.4, 0.5) is 0 Å². The van der Waals surface area contributed by atoms with Gasteiger partial charge in [0.25, 0.3) is 0 Å². The van der Waals surface area contributed by atoms with Crippen LogP contribution < -0.4 is 5.32 Å². The topological polar surface area (TPSA) is 33.6 Å². The van der Waals surface area contributed by atoms with Crippen molar-refractivity contribution in [2.75, 3.05) is 19.7 Å². The van der Waals surface area contributed by atoms with E-state index in [2.05, 4.69) is 10.3 Å². The maximum atomic E-state index is 5.89. The Morgan fingerprint density at radius 1 is 1.41 bits per heavy atom. The summed E-state index contributed by atoms with van der Waals surface area (Å²) in [7, 11) is 0. The molecule has 17 heavy (non-hydrogen) atoms. The summed E-state index contributed by atoms with van der Waals surface area (Å²) in [5.41, 5.74) is 1.09. The Bertz CT molecular complexity index is 389. The number of amidine groups is 1. The van der Waals surface area contributed by atoms with Crippen LogP contribution in [0, 0.1) is 0 Å². The second-order valence-electron chi connectivity index (χ2n) is 3.93. The lowest BCUT2D eigenvalue weighted by molar-refractivity contribution is 0.107. The first-order valence-corrected chi connectivity index (χ1v) is 6.34. The number of benzene rings is 1. The molecular weight excluding hydrogens is 236 g/mol. The third-order valence-electron chi connectivity index (χ3n) is 2.68. The summed E-state index contributed by atoms with van der Waals surface area (Å²) in [4.78, 5) is 4.49. The van der Waals surface area contributed by atoms with E-state index in [0.29, 0.717) is 6.61 Å². The molecule has 3 nitrogen and oxygen atoms in total. The van der Waals surface area contributed by atoms with E-state index in [9.17, 15) is 0 Å². The number of nitrogens with one attached hydrogen (secondary N) is 1. The predicted molar refractivity (Wildman–Crippen MR) is 70.7 cm³/mol. The molecule has 4 heteroatoms. The minimum atomic E-state index is -0.0995. The number of hydrogen-bond donors (Lipinski definition) is 1. The third kappa shape index (κ3) is 3.20. The highest BCUT2D eigenvalue weighted by Crippen LogP contribution is 2.21. The smallest absolute Gasteiger partial charge is 0.139 e. The summed E-state index contributed by atoms with van der Waals surface area (Å²) < 4.78 is 5.77. The van der Waals surface area contributed by atoms with Crippen molar-refractivity contribution in [3.63, 3.8) is 0 Å². The first-order valence-electron chi connectivity index (χ1n) is 5.96. The SMILES string of the molecule is CCOC(C1=NCCCN1)c1ccc(Cl)cc1. The summed E-state index contributed by atoms with van der Waals surface area (Å²) >= 11 is 5.89. The zero-order valence-corrected chi connectivity index (χ0v) is 10.7. The molecule has 2 rings (SSSR count). The van der Waals surface area contributed by atoms with E-state index >= 15 is 0 Å². The molecule has 0 fully saturated rings. The van der Waals surface area contributed by atoms with Crippen LogP contribution in [-0.4, -0.2) is 25.5 Å². The Morgan fingerprint density at radius 2 is 2.18 bits per heavy atom. The molecule has 1 aliphatic rings. The van der Waals surface area contributed by atoms with Crippen molar-refractivity contribution in [3.8, 4) is 0 Å². The van der Waals surface area contributed by atoms with Crippen molar-refractivity contribution < 1.29 is 4.74 Å². The molecule has 1 N–H and O–H groups in total. The summed E-state index contributed by atoms with van der Waals surface area (Å²) in [5, 5.41) is 4.05. The molecule has 0 aliphatic carbocycles. The lowest BCUT2D eigenvalue weighted by Crippen LogP contribution is -2.35. The van der Waals surface area contributed by atoms with Crippen molar-refractivity contribution in [2.24, 2.45) is 4.99 Å². The Hall–Kier alpha value is -1.06. The highest BCUT2D eigenvalue weighted by molar-refractivity contribution is 6.30. The molecular formula is C13H17ClN2O. The van der Waals surface area contributed by atoms with E-state index in [-0.39, 0.29) is 6.10 Å².